The lowest BCUT2D eigenvalue weighted by atomic mass is 10.3. The zero-order valence-electron chi connectivity index (χ0n) is 11.5. The van der Waals surface area contributed by atoms with Crippen molar-refractivity contribution >= 4 is 39.9 Å². The molecule has 21 heavy (non-hydrogen) atoms. The first-order valence-corrected chi connectivity index (χ1v) is 6.61. The Hall–Kier alpha value is -2.09. The summed E-state index contributed by atoms with van der Waals surface area (Å²) in [6, 6.07) is 3.32. The maximum Gasteiger partial charge on any atom is 0.325 e. The first-order chi connectivity index (χ1) is 9.96. The van der Waals surface area contributed by atoms with Crippen LogP contribution in [0.2, 0.25) is 0 Å². The van der Waals surface area contributed by atoms with Crippen LogP contribution in [-0.2, 0) is 23.9 Å². The number of rotatable bonds is 6. The van der Waals surface area contributed by atoms with E-state index in [1.54, 1.807) is 12.1 Å². The van der Waals surface area contributed by atoms with Gasteiger partial charge in [-0.15, -0.1) is 0 Å². The molecule has 0 saturated carbocycles. The molecule has 7 nitrogen and oxygen atoms in total. The summed E-state index contributed by atoms with van der Waals surface area (Å²) in [4.78, 5) is 35.5. The molecule has 0 bridgehead atoms. The monoisotopic (exact) mass is 359 g/mol. The number of amides is 1. The molecule has 0 fully saturated rings. The summed E-state index contributed by atoms with van der Waals surface area (Å²) >= 11 is 3.13. The summed E-state index contributed by atoms with van der Waals surface area (Å²) in [5.74, 6) is -1.37. The summed E-state index contributed by atoms with van der Waals surface area (Å²) in [7, 11) is 2.39. The van der Waals surface area contributed by atoms with Crippen molar-refractivity contribution in [2.24, 2.45) is 0 Å². The Morgan fingerprint density at radius 1 is 1.19 bits per heavy atom. The minimum Gasteiger partial charge on any atom is -0.468 e. The van der Waals surface area contributed by atoms with E-state index in [1.807, 2.05) is 0 Å². The van der Waals surface area contributed by atoms with Gasteiger partial charge in [0.25, 0.3) is 0 Å². The van der Waals surface area contributed by atoms with E-state index in [1.165, 1.54) is 26.4 Å². The van der Waals surface area contributed by atoms with Crippen molar-refractivity contribution in [3.05, 3.63) is 28.6 Å². The molecule has 1 aromatic rings. The quantitative estimate of drug-likeness (QED) is 0.560. The molecule has 0 aliphatic rings. The largest absolute Gasteiger partial charge is 0.468 e. The zero-order valence-corrected chi connectivity index (χ0v) is 13.1. The number of ether oxygens (including phenoxy) is 2. The minimum atomic E-state index is -0.638. The smallest absolute Gasteiger partial charge is 0.325 e. The first kappa shape index (κ1) is 17.0. The normalized spacial score (nSPS) is 10.4. The Morgan fingerprint density at radius 3 is 2.19 bits per heavy atom. The molecule has 0 unspecified atom stereocenters. The zero-order chi connectivity index (χ0) is 15.8. The number of nitrogens with zero attached hydrogens (tertiary/aromatic N) is 1. The highest BCUT2D eigenvalue weighted by Crippen LogP contribution is 2.15. The van der Waals surface area contributed by atoms with Gasteiger partial charge in [-0.1, -0.05) is 0 Å². The van der Waals surface area contributed by atoms with Crippen LogP contribution in [0.1, 0.15) is 5.76 Å². The van der Waals surface area contributed by atoms with Gasteiger partial charge < -0.3 is 18.8 Å². The number of furan rings is 1. The van der Waals surface area contributed by atoms with Crippen molar-refractivity contribution in [2.75, 3.05) is 27.3 Å². The van der Waals surface area contributed by atoms with Crippen LogP contribution < -0.4 is 0 Å². The average molecular weight is 360 g/mol. The molecule has 0 spiro atoms. The molecule has 0 atom stereocenters. The summed E-state index contributed by atoms with van der Waals surface area (Å²) in [6.07, 6.45) is 2.62. The molecule has 0 aromatic carbocycles. The summed E-state index contributed by atoms with van der Waals surface area (Å²) in [5.41, 5.74) is 0. The maximum atomic E-state index is 12.0. The van der Waals surface area contributed by atoms with E-state index in [4.69, 9.17) is 4.42 Å². The Kier molecular flexibility index (Phi) is 6.67. The molecule has 1 heterocycles. The molecular weight excluding hydrogens is 346 g/mol. The first-order valence-electron chi connectivity index (χ1n) is 5.82. The molecular formula is C13H14BrNO6. The van der Waals surface area contributed by atoms with Gasteiger partial charge in [0.2, 0.25) is 5.91 Å². The molecule has 0 radical (unpaired) electrons. The van der Waals surface area contributed by atoms with Crippen LogP contribution in [0, 0.1) is 0 Å². The number of carbonyl (C=O) groups excluding carboxylic acids is 3. The minimum absolute atomic E-state index is 0.351. The van der Waals surface area contributed by atoms with Crippen molar-refractivity contribution in [2.45, 2.75) is 0 Å². The van der Waals surface area contributed by atoms with Crippen molar-refractivity contribution < 1.29 is 28.3 Å². The Morgan fingerprint density at radius 2 is 1.76 bits per heavy atom. The van der Waals surface area contributed by atoms with Gasteiger partial charge in [-0.25, -0.2) is 0 Å². The van der Waals surface area contributed by atoms with Crippen LogP contribution >= 0.6 is 15.9 Å². The fraction of sp³-hybridized carbons (Fsp3) is 0.308. The number of carbonyl (C=O) groups is 3. The Balaban J connectivity index is 2.75. The van der Waals surface area contributed by atoms with E-state index in [9.17, 15) is 14.4 Å². The number of halogens is 1. The lowest BCUT2D eigenvalue weighted by molar-refractivity contribution is -0.150. The summed E-state index contributed by atoms with van der Waals surface area (Å²) < 4.78 is 14.7. The molecule has 1 aromatic heterocycles. The third-order valence-electron chi connectivity index (χ3n) is 2.39. The van der Waals surface area contributed by atoms with Crippen LogP contribution in [0.5, 0.6) is 0 Å². The van der Waals surface area contributed by atoms with Crippen molar-refractivity contribution in [1.82, 2.24) is 4.90 Å². The van der Waals surface area contributed by atoms with E-state index in [0.717, 1.165) is 4.90 Å². The molecule has 114 valence electrons. The van der Waals surface area contributed by atoms with E-state index in [-0.39, 0.29) is 13.1 Å². The van der Waals surface area contributed by atoms with Gasteiger partial charge in [-0.3, -0.25) is 14.4 Å². The van der Waals surface area contributed by atoms with Gasteiger partial charge in [0.15, 0.2) is 4.67 Å². The van der Waals surface area contributed by atoms with E-state index >= 15 is 0 Å². The second-order valence-electron chi connectivity index (χ2n) is 3.82. The molecule has 0 saturated heterocycles. The molecule has 8 heteroatoms. The standard InChI is InChI=1S/C13H14BrNO6/c1-19-12(17)7-15(8-13(18)20-2)11(16)6-4-9-3-5-10(14)21-9/h3-6H,7-8H2,1-2H3. The summed E-state index contributed by atoms with van der Waals surface area (Å²) in [6.45, 7) is -0.701. The summed E-state index contributed by atoms with van der Waals surface area (Å²) in [5, 5.41) is 0. The number of esters is 2. The topological polar surface area (TPSA) is 86.0 Å². The van der Waals surface area contributed by atoms with E-state index in [0.29, 0.717) is 10.4 Å². The van der Waals surface area contributed by atoms with Crippen LogP contribution in [-0.4, -0.2) is 50.1 Å². The third kappa shape index (κ3) is 5.82. The lowest BCUT2D eigenvalue weighted by Gasteiger charge is -2.18. The molecule has 1 amide bonds. The Labute approximate surface area is 129 Å². The second-order valence-corrected chi connectivity index (χ2v) is 4.60. The SMILES string of the molecule is COC(=O)CN(CC(=O)OC)C(=O)C=Cc1ccc(Br)o1. The van der Waals surface area contributed by atoms with Gasteiger partial charge in [0.05, 0.1) is 14.2 Å². The second kappa shape index (κ2) is 8.25. The number of hydrogen-bond donors (Lipinski definition) is 0. The average Bonchev–Trinajstić information content (AvgIpc) is 2.89. The lowest BCUT2D eigenvalue weighted by Crippen LogP contribution is -2.39. The van der Waals surface area contributed by atoms with Crippen molar-refractivity contribution in [1.29, 1.82) is 0 Å². The molecule has 0 aliphatic carbocycles. The number of hydrogen-bond acceptors (Lipinski definition) is 6. The molecule has 1 rings (SSSR count). The molecule has 0 aliphatic heterocycles. The molecule has 0 N–H and O–H groups in total. The van der Waals surface area contributed by atoms with Crippen molar-refractivity contribution in [3.8, 4) is 0 Å². The van der Waals surface area contributed by atoms with Gasteiger partial charge in [0.1, 0.15) is 18.8 Å². The van der Waals surface area contributed by atoms with Gasteiger partial charge in [-0.2, -0.15) is 0 Å². The van der Waals surface area contributed by atoms with Crippen LogP contribution in [0.15, 0.2) is 27.3 Å². The van der Waals surface area contributed by atoms with Gasteiger partial charge in [-0.05, 0) is 34.1 Å². The third-order valence-corrected chi connectivity index (χ3v) is 2.82. The van der Waals surface area contributed by atoms with E-state index in [2.05, 4.69) is 25.4 Å². The predicted octanol–water partition coefficient (Wildman–Crippen LogP) is 1.23. The van der Waals surface area contributed by atoms with Crippen LogP contribution in [0.25, 0.3) is 6.08 Å². The highest BCUT2D eigenvalue weighted by Gasteiger charge is 2.19. The highest BCUT2D eigenvalue weighted by atomic mass is 79.9. The van der Waals surface area contributed by atoms with Crippen LogP contribution in [0.4, 0.5) is 0 Å². The predicted molar refractivity (Wildman–Crippen MR) is 76.1 cm³/mol. The fourth-order valence-electron chi connectivity index (χ4n) is 1.33. The highest BCUT2D eigenvalue weighted by molar-refractivity contribution is 9.10. The number of methoxy groups -OCH3 is 2. The van der Waals surface area contributed by atoms with Gasteiger partial charge in [0, 0.05) is 6.08 Å². The van der Waals surface area contributed by atoms with Gasteiger partial charge >= 0.3 is 11.9 Å². The fourth-order valence-corrected chi connectivity index (χ4v) is 1.65. The Bertz CT molecular complexity index is 533. The maximum absolute atomic E-state index is 12.0. The van der Waals surface area contributed by atoms with Crippen LogP contribution in [0.3, 0.4) is 0 Å². The van der Waals surface area contributed by atoms with E-state index < -0.39 is 17.8 Å². The van der Waals surface area contributed by atoms with Crippen molar-refractivity contribution in [3.63, 3.8) is 0 Å².